The molecule has 0 radical (unpaired) electrons. The molecule has 1 aromatic rings. The number of rotatable bonds is 2. The smallest absolute Gasteiger partial charge is 0.227 e. The number of hydrogen-bond donors (Lipinski definition) is 1. The number of nitrogens with two attached hydrogens (primary N) is 1. The van der Waals surface area contributed by atoms with Crippen molar-refractivity contribution in [1.82, 2.24) is 9.88 Å². The SMILES string of the molecule is N[C@@H]1CC[C@@H]2CN(C(=O)Cc3cccnc3)C[C@@H]21. The Hall–Kier alpha value is -1.42. The molecule has 0 aromatic carbocycles. The molecule has 2 aliphatic rings. The van der Waals surface area contributed by atoms with E-state index in [2.05, 4.69) is 4.98 Å². The lowest BCUT2D eigenvalue weighted by Gasteiger charge is -2.18. The number of nitrogens with zero attached hydrogens (tertiary/aromatic N) is 2. The van der Waals surface area contributed by atoms with E-state index in [-0.39, 0.29) is 5.91 Å². The Morgan fingerprint density at radius 2 is 2.33 bits per heavy atom. The van der Waals surface area contributed by atoms with Gasteiger partial charge in [0.15, 0.2) is 0 Å². The second-order valence-corrected chi connectivity index (χ2v) is 5.50. The van der Waals surface area contributed by atoms with Gasteiger partial charge in [-0.3, -0.25) is 9.78 Å². The minimum Gasteiger partial charge on any atom is -0.342 e. The van der Waals surface area contributed by atoms with E-state index < -0.39 is 0 Å². The zero-order valence-electron chi connectivity index (χ0n) is 10.5. The van der Waals surface area contributed by atoms with Gasteiger partial charge in [-0.05, 0) is 36.3 Å². The molecular weight excluding hydrogens is 226 g/mol. The van der Waals surface area contributed by atoms with E-state index in [1.54, 1.807) is 12.4 Å². The molecule has 4 heteroatoms. The van der Waals surface area contributed by atoms with Crippen molar-refractivity contribution >= 4 is 5.91 Å². The second kappa shape index (κ2) is 4.69. The quantitative estimate of drug-likeness (QED) is 0.839. The third kappa shape index (κ3) is 2.12. The van der Waals surface area contributed by atoms with Gasteiger partial charge < -0.3 is 10.6 Å². The summed E-state index contributed by atoms with van der Waals surface area (Å²) in [6.07, 6.45) is 6.26. The molecule has 1 saturated carbocycles. The van der Waals surface area contributed by atoms with Crippen molar-refractivity contribution < 1.29 is 4.79 Å². The Labute approximate surface area is 107 Å². The van der Waals surface area contributed by atoms with Crippen molar-refractivity contribution in [2.24, 2.45) is 17.6 Å². The standard InChI is InChI=1S/C14H19N3O/c15-13-4-3-11-8-17(9-12(11)13)14(18)6-10-2-1-5-16-7-10/h1-2,5,7,11-13H,3-4,6,8-9,15H2/t11-,12+,13-/m1/s1. The lowest BCUT2D eigenvalue weighted by atomic mass is 9.98. The van der Waals surface area contributed by atoms with Gasteiger partial charge in [0, 0.05) is 31.5 Å². The Morgan fingerprint density at radius 1 is 1.44 bits per heavy atom. The molecule has 1 aromatic heterocycles. The first-order valence-electron chi connectivity index (χ1n) is 6.66. The molecule has 4 nitrogen and oxygen atoms in total. The topological polar surface area (TPSA) is 59.2 Å². The van der Waals surface area contributed by atoms with Gasteiger partial charge in [0.25, 0.3) is 0 Å². The van der Waals surface area contributed by atoms with E-state index in [1.807, 2.05) is 17.0 Å². The largest absolute Gasteiger partial charge is 0.342 e. The molecule has 1 saturated heterocycles. The highest BCUT2D eigenvalue weighted by atomic mass is 16.2. The first kappa shape index (κ1) is 11.7. The fourth-order valence-corrected chi connectivity index (χ4v) is 3.30. The highest BCUT2D eigenvalue weighted by molar-refractivity contribution is 5.79. The van der Waals surface area contributed by atoms with Gasteiger partial charge in [-0.2, -0.15) is 0 Å². The van der Waals surface area contributed by atoms with Gasteiger partial charge >= 0.3 is 0 Å². The van der Waals surface area contributed by atoms with Crippen molar-refractivity contribution in [2.75, 3.05) is 13.1 Å². The van der Waals surface area contributed by atoms with Crippen LogP contribution in [0, 0.1) is 11.8 Å². The van der Waals surface area contributed by atoms with Gasteiger partial charge in [-0.25, -0.2) is 0 Å². The summed E-state index contributed by atoms with van der Waals surface area (Å²) in [4.78, 5) is 18.2. The van der Waals surface area contributed by atoms with Crippen molar-refractivity contribution in [1.29, 1.82) is 0 Å². The lowest BCUT2D eigenvalue weighted by Crippen LogP contribution is -2.34. The average molecular weight is 245 g/mol. The minimum absolute atomic E-state index is 0.213. The van der Waals surface area contributed by atoms with Crippen molar-refractivity contribution in [2.45, 2.75) is 25.3 Å². The summed E-state index contributed by atoms with van der Waals surface area (Å²) in [7, 11) is 0. The fraction of sp³-hybridized carbons (Fsp3) is 0.571. The summed E-state index contributed by atoms with van der Waals surface area (Å²) in [5, 5.41) is 0. The molecule has 2 heterocycles. The molecule has 3 rings (SSSR count). The van der Waals surface area contributed by atoms with Crippen LogP contribution in [0.5, 0.6) is 0 Å². The summed E-state index contributed by atoms with van der Waals surface area (Å²) in [6, 6.07) is 4.12. The van der Waals surface area contributed by atoms with E-state index >= 15 is 0 Å². The van der Waals surface area contributed by atoms with Gasteiger partial charge in [0.05, 0.1) is 6.42 Å². The second-order valence-electron chi connectivity index (χ2n) is 5.50. The molecule has 0 bridgehead atoms. The number of carbonyl (C=O) groups is 1. The van der Waals surface area contributed by atoms with Crippen molar-refractivity contribution in [3.8, 4) is 0 Å². The average Bonchev–Trinajstić information content (AvgIpc) is 2.93. The molecule has 1 aliphatic heterocycles. The maximum atomic E-state index is 12.2. The van der Waals surface area contributed by atoms with E-state index in [0.29, 0.717) is 24.3 Å². The number of aromatic nitrogens is 1. The molecule has 2 fully saturated rings. The molecule has 1 aliphatic carbocycles. The van der Waals surface area contributed by atoms with Crippen LogP contribution in [-0.2, 0) is 11.2 Å². The van der Waals surface area contributed by atoms with Crippen molar-refractivity contribution in [3.05, 3.63) is 30.1 Å². The highest BCUT2D eigenvalue weighted by Gasteiger charge is 2.42. The molecule has 96 valence electrons. The molecule has 18 heavy (non-hydrogen) atoms. The Bertz CT molecular complexity index is 434. The van der Waals surface area contributed by atoms with Crippen LogP contribution < -0.4 is 5.73 Å². The maximum absolute atomic E-state index is 12.2. The zero-order valence-corrected chi connectivity index (χ0v) is 10.5. The van der Waals surface area contributed by atoms with Crippen LogP contribution in [0.25, 0.3) is 0 Å². The van der Waals surface area contributed by atoms with Gasteiger partial charge in [0.1, 0.15) is 0 Å². The first-order valence-corrected chi connectivity index (χ1v) is 6.66. The molecule has 0 spiro atoms. The van der Waals surface area contributed by atoms with E-state index in [0.717, 1.165) is 25.1 Å². The number of fused-ring (bicyclic) bond motifs is 1. The predicted molar refractivity (Wildman–Crippen MR) is 68.7 cm³/mol. The normalized spacial score (nSPS) is 30.5. The molecule has 2 N–H and O–H groups in total. The summed E-state index contributed by atoms with van der Waals surface area (Å²) >= 11 is 0. The third-order valence-corrected chi connectivity index (χ3v) is 4.34. The number of pyridine rings is 1. The number of hydrogen-bond acceptors (Lipinski definition) is 3. The van der Waals surface area contributed by atoms with Crippen LogP contribution in [-0.4, -0.2) is 34.9 Å². The summed E-state index contributed by atoms with van der Waals surface area (Å²) in [5.74, 6) is 1.38. The molecule has 1 amide bonds. The zero-order chi connectivity index (χ0) is 12.5. The van der Waals surface area contributed by atoms with Crippen molar-refractivity contribution in [3.63, 3.8) is 0 Å². The van der Waals surface area contributed by atoms with E-state index in [4.69, 9.17) is 5.73 Å². The minimum atomic E-state index is 0.213. The van der Waals surface area contributed by atoms with Gasteiger partial charge in [-0.1, -0.05) is 6.07 Å². The van der Waals surface area contributed by atoms with Crippen LogP contribution in [0.2, 0.25) is 0 Å². The first-order chi connectivity index (χ1) is 8.74. The number of likely N-dealkylation sites (tertiary alicyclic amines) is 1. The van der Waals surface area contributed by atoms with Crippen LogP contribution in [0.3, 0.4) is 0 Å². The number of carbonyl (C=O) groups excluding carboxylic acids is 1. The Kier molecular flexibility index (Phi) is 3.04. The highest BCUT2D eigenvalue weighted by Crippen LogP contribution is 2.37. The Morgan fingerprint density at radius 3 is 3.06 bits per heavy atom. The van der Waals surface area contributed by atoms with Crippen LogP contribution in [0.15, 0.2) is 24.5 Å². The third-order valence-electron chi connectivity index (χ3n) is 4.34. The maximum Gasteiger partial charge on any atom is 0.227 e. The molecular formula is C14H19N3O. The van der Waals surface area contributed by atoms with Crippen LogP contribution >= 0.6 is 0 Å². The molecule has 0 unspecified atom stereocenters. The predicted octanol–water partition coefficient (Wildman–Crippen LogP) is 0.820. The summed E-state index contributed by atoms with van der Waals surface area (Å²) in [6.45, 7) is 1.75. The fourth-order valence-electron chi connectivity index (χ4n) is 3.30. The number of amides is 1. The van der Waals surface area contributed by atoms with Gasteiger partial charge in [-0.15, -0.1) is 0 Å². The Balaban J connectivity index is 1.62. The van der Waals surface area contributed by atoms with Crippen LogP contribution in [0.4, 0.5) is 0 Å². The monoisotopic (exact) mass is 245 g/mol. The summed E-state index contributed by atoms with van der Waals surface area (Å²) in [5.41, 5.74) is 7.08. The van der Waals surface area contributed by atoms with E-state index in [1.165, 1.54) is 6.42 Å². The van der Waals surface area contributed by atoms with Crippen LogP contribution in [0.1, 0.15) is 18.4 Å². The van der Waals surface area contributed by atoms with Gasteiger partial charge in [0.2, 0.25) is 5.91 Å². The summed E-state index contributed by atoms with van der Waals surface area (Å²) < 4.78 is 0. The van der Waals surface area contributed by atoms with E-state index in [9.17, 15) is 4.79 Å². The molecule has 3 atom stereocenters. The lowest BCUT2D eigenvalue weighted by molar-refractivity contribution is -0.129.